The molecule has 0 saturated heterocycles. The van der Waals surface area contributed by atoms with Crippen molar-refractivity contribution in [3.05, 3.63) is 47.8 Å². The number of nitrogens with zero attached hydrogens (tertiary/aromatic N) is 2. The third-order valence-electron chi connectivity index (χ3n) is 2.34. The molecule has 2 rings (SSSR count). The third-order valence-corrected chi connectivity index (χ3v) is 2.34. The zero-order valence-electron chi connectivity index (χ0n) is 9.20. The molecule has 0 aliphatic rings. The monoisotopic (exact) mass is 243 g/mol. The summed E-state index contributed by atoms with van der Waals surface area (Å²) >= 11 is 0. The van der Waals surface area contributed by atoms with Crippen LogP contribution in [0.5, 0.6) is 0 Å². The van der Waals surface area contributed by atoms with E-state index in [1.54, 1.807) is 18.2 Å². The Hall–Kier alpha value is -2.76. The number of amides is 1. The number of carbonyl (C=O) groups is 2. The Morgan fingerprint density at radius 2 is 1.89 bits per heavy atom. The summed E-state index contributed by atoms with van der Waals surface area (Å²) in [7, 11) is 0. The fraction of sp³-hybridized carbons (Fsp3) is 0. The van der Waals surface area contributed by atoms with Crippen molar-refractivity contribution >= 4 is 11.9 Å². The smallest absolute Gasteiger partial charge is 0.336 e. The molecule has 2 aromatic rings. The maximum Gasteiger partial charge on any atom is 0.336 e. The van der Waals surface area contributed by atoms with Gasteiger partial charge in [-0.2, -0.15) is 0 Å². The number of carbonyl (C=O) groups excluding carboxylic acids is 1. The molecule has 18 heavy (non-hydrogen) atoms. The topological polar surface area (TPSA) is 106 Å². The Morgan fingerprint density at radius 1 is 1.11 bits per heavy atom. The van der Waals surface area contributed by atoms with Gasteiger partial charge in [0.2, 0.25) is 0 Å². The van der Waals surface area contributed by atoms with Gasteiger partial charge in [0.15, 0.2) is 0 Å². The van der Waals surface area contributed by atoms with Crippen molar-refractivity contribution in [3.8, 4) is 11.4 Å². The van der Waals surface area contributed by atoms with E-state index in [0.29, 0.717) is 5.69 Å². The SMILES string of the molecule is NC(=O)c1c(C(=O)O)ccnc1-c1ccccn1. The van der Waals surface area contributed by atoms with Gasteiger partial charge in [-0.3, -0.25) is 14.8 Å². The van der Waals surface area contributed by atoms with Crippen molar-refractivity contribution in [1.82, 2.24) is 9.97 Å². The van der Waals surface area contributed by atoms with Gasteiger partial charge in [0, 0.05) is 12.4 Å². The van der Waals surface area contributed by atoms with Crippen molar-refractivity contribution in [2.45, 2.75) is 0 Å². The van der Waals surface area contributed by atoms with Gasteiger partial charge >= 0.3 is 5.97 Å². The van der Waals surface area contributed by atoms with Crippen LogP contribution < -0.4 is 5.73 Å². The number of carboxylic acid groups (broad SMARTS) is 1. The predicted octanol–water partition coefficient (Wildman–Crippen LogP) is 0.941. The Labute approximate surface area is 102 Å². The van der Waals surface area contributed by atoms with Crippen LogP contribution in [0.4, 0.5) is 0 Å². The summed E-state index contributed by atoms with van der Waals surface area (Å²) in [5, 5.41) is 9.03. The van der Waals surface area contributed by atoms with E-state index >= 15 is 0 Å². The highest BCUT2D eigenvalue weighted by molar-refractivity contribution is 6.07. The molecule has 0 saturated carbocycles. The van der Waals surface area contributed by atoms with Gasteiger partial charge in [-0.1, -0.05) is 6.07 Å². The molecule has 0 atom stereocenters. The fourth-order valence-corrected chi connectivity index (χ4v) is 1.59. The van der Waals surface area contributed by atoms with Crippen molar-refractivity contribution in [1.29, 1.82) is 0 Å². The zero-order valence-corrected chi connectivity index (χ0v) is 9.20. The van der Waals surface area contributed by atoms with Crippen LogP contribution in [-0.4, -0.2) is 27.0 Å². The number of aromatic carboxylic acids is 1. The van der Waals surface area contributed by atoms with Crippen LogP contribution in [0.25, 0.3) is 11.4 Å². The van der Waals surface area contributed by atoms with E-state index in [1.165, 1.54) is 18.5 Å². The van der Waals surface area contributed by atoms with Crippen molar-refractivity contribution in [2.24, 2.45) is 5.73 Å². The molecule has 6 heteroatoms. The molecular formula is C12H9N3O3. The van der Waals surface area contributed by atoms with Crippen LogP contribution in [0.3, 0.4) is 0 Å². The van der Waals surface area contributed by atoms with Gasteiger partial charge in [-0.25, -0.2) is 4.79 Å². The maximum atomic E-state index is 11.4. The Morgan fingerprint density at radius 3 is 2.44 bits per heavy atom. The molecule has 0 radical (unpaired) electrons. The van der Waals surface area contributed by atoms with E-state index in [-0.39, 0.29) is 16.8 Å². The molecule has 1 amide bonds. The number of primary amides is 1. The van der Waals surface area contributed by atoms with Gasteiger partial charge in [0.1, 0.15) is 5.69 Å². The van der Waals surface area contributed by atoms with Gasteiger partial charge < -0.3 is 10.8 Å². The summed E-state index contributed by atoms with van der Waals surface area (Å²) in [6.45, 7) is 0. The average Bonchev–Trinajstić information content (AvgIpc) is 2.38. The molecule has 2 heterocycles. The van der Waals surface area contributed by atoms with E-state index in [9.17, 15) is 9.59 Å². The summed E-state index contributed by atoms with van der Waals surface area (Å²) in [4.78, 5) is 30.5. The molecule has 2 aromatic heterocycles. The van der Waals surface area contributed by atoms with Crippen molar-refractivity contribution < 1.29 is 14.7 Å². The zero-order chi connectivity index (χ0) is 13.1. The highest BCUT2D eigenvalue weighted by Crippen LogP contribution is 2.21. The number of rotatable bonds is 3. The van der Waals surface area contributed by atoms with Crippen LogP contribution in [0, 0.1) is 0 Å². The third kappa shape index (κ3) is 2.03. The Kier molecular flexibility index (Phi) is 3.01. The van der Waals surface area contributed by atoms with Crippen LogP contribution >= 0.6 is 0 Å². The maximum absolute atomic E-state index is 11.4. The molecule has 0 bridgehead atoms. The summed E-state index contributed by atoms with van der Waals surface area (Å²) < 4.78 is 0. The second-order valence-electron chi connectivity index (χ2n) is 3.47. The largest absolute Gasteiger partial charge is 0.478 e. The number of carboxylic acids is 1. The number of nitrogens with two attached hydrogens (primary N) is 1. The lowest BCUT2D eigenvalue weighted by molar-refractivity contribution is 0.0692. The summed E-state index contributed by atoms with van der Waals surface area (Å²) in [6.07, 6.45) is 2.83. The molecule has 3 N–H and O–H groups in total. The lowest BCUT2D eigenvalue weighted by atomic mass is 10.0. The second kappa shape index (κ2) is 4.62. The molecule has 90 valence electrons. The minimum atomic E-state index is -1.23. The Bertz CT molecular complexity index is 611. The molecule has 0 aromatic carbocycles. The second-order valence-corrected chi connectivity index (χ2v) is 3.47. The summed E-state index contributed by atoms with van der Waals surface area (Å²) in [5.74, 6) is -2.08. The van der Waals surface area contributed by atoms with Gasteiger partial charge in [0.25, 0.3) is 5.91 Å². The predicted molar refractivity (Wildman–Crippen MR) is 62.9 cm³/mol. The first kappa shape index (κ1) is 11.7. The first-order valence-electron chi connectivity index (χ1n) is 5.04. The molecule has 0 aliphatic carbocycles. The lowest BCUT2D eigenvalue weighted by Gasteiger charge is -2.07. The van der Waals surface area contributed by atoms with Gasteiger partial charge in [-0.15, -0.1) is 0 Å². The van der Waals surface area contributed by atoms with E-state index < -0.39 is 11.9 Å². The lowest BCUT2D eigenvalue weighted by Crippen LogP contribution is -2.18. The first-order chi connectivity index (χ1) is 8.61. The minimum absolute atomic E-state index is 0.135. The van der Waals surface area contributed by atoms with Crippen LogP contribution in [0.1, 0.15) is 20.7 Å². The van der Waals surface area contributed by atoms with E-state index in [4.69, 9.17) is 10.8 Å². The average molecular weight is 243 g/mol. The standard InChI is InChI=1S/C12H9N3O3/c13-11(16)9-7(12(17)18)4-6-15-10(9)8-3-1-2-5-14-8/h1-6H,(H2,13,16)(H,17,18). The summed E-state index contributed by atoms with van der Waals surface area (Å²) in [6, 6.07) is 6.27. The molecule has 6 nitrogen and oxygen atoms in total. The molecular weight excluding hydrogens is 234 g/mol. The molecule has 0 spiro atoms. The van der Waals surface area contributed by atoms with Crippen molar-refractivity contribution in [2.75, 3.05) is 0 Å². The van der Waals surface area contributed by atoms with Crippen LogP contribution in [0.2, 0.25) is 0 Å². The molecule has 0 aliphatic heterocycles. The number of hydrogen-bond acceptors (Lipinski definition) is 4. The van der Waals surface area contributed by atoms with E-state index in [0.717, 1.165) is 0 Å². The summed E-state index contributed by atoms with van der Waals surface area (Å²) in [5.41, 5.74) is 5.47. The van der Waals surface area contributed by atoms with E-state index in [1.807, 2.05) is 0 Å². The van der Waals surface area contributed by atoms with Crippen molar-refractivity contribution in [3.63, 3.8) is 0 Å². The normalized spacial score (nSPS) is 10.0. The van der Waals surface area contributed by atoms with Gasteiger partial charge in [-0.05, 0) is 18.2 Å². The number of aromatic nitrogens is 2. The minimum Gasteiger partial charge on any atom is -0.478 e. The molecule has 0 fully saturated rings. The van der Waals surface area contributed by atoms with E-state index in [2.05, 4.69) is 9.97 Å². The first-order valence-corrected chi connectivity index (χ1v) is 5.04. The number of pyridine rings is 2. The highest BCUT2D eigenvalue weighted by Gasteiger charge is 2.20. The quantitative estimate of drug-likeness (QED) is 0.834. The molecule has 0 unspecified atom stereocenters. The van der Waals surface area contributed by atoms with Gasteiger partial charge in [0.05, 0.1) is 16.8 Å². The fourth-order valence-electron chi connectivity index (χ4n) is 1.59. The van der Waals surface area contributed by atoms with Crippen LogP contribution in [0.15, 0.2) is 36.7 Å². The number of hydrogen-bond donors (Lipinski definition) is 2. The highest BCUT2D eigenvalue weighted by atomic mass is 16.4. The Balaban J connectivity index is 2.72. The van der Waals surface area contributed by atoms with Crippen LogP contribution in [-0.2, 0) is 0 Å².